The Morgan fingerprint density at radius 3 is 2.80 bits per heavy atom. The molecule has 1 saturated carbocycles. The monoisotopic (exact) mass is 197 g/mol. The van der Waals surface area contributed by atoms with Crippen LogP contribution in [0.25, 0.3) is 0 Å². The van der Waals surface area contributed by atoms with Crippen LogP contribution in [0.5, 0.6) is 0 Å². The number of hydrogen-bond donors (Lipinski definition) is 0. The topological polar surface area (TPSA) is 12.9 Å². The molecule has 0 atom stereocenters. The molecule has 1 aliphatic carbocycles. The van der Waals surface area contributed by atoms with E-state index in [0.717, 1.165) is 0 Å². The van der Waals surface area contributed by atoms with Crippen molar-refractivity contribution in [3.05, 3.63) is 30.1 Å². The fourth-order valence-electron chi connectivity index (χ4n) is 1.03. The zero-order valence-electron chi connectivity index (χ0n) is 5.55. The summed E-state index contributed by atoms with van der Waals surface area (Å²) >= 11 is 3.66. The van der Waals surface area contributed by atoms with E-state index in [0.29, 0.717) is 4.32 Å². The van der Waals surface area contributed by atoms with E-state index >= 15 is 0 Å². The molecule has 1 nitrogen and oxygen atoms in total. The fraction of sp³-hybridized carbons (Fsp3) is 0.375. The number of nitrogens with zero attached hydrogens (tertiary/aromatic N) is 1. The normalized spacial score (nSPS) is 20.5. The summed E-state index contributed by atoms with van der Waals surface area (Å²) in [4.78, 5) is 4.06. The van der Waals surface area contributed by atoms with Gasteiger partial charge in [-0.15, -0.1) is 0 Å². The maximum Gasteiger partial charge on any atom is 0.0522 e. The van der Waals surface area contributed by atoms with Crippen molar-refractivity contribution < 1.29 is 0 Å². The average molecular weight is 198 g/mol. The second kappa shape index (κ2) is 2.06. The van der Waals surface area contributed by atoms with Gasteiger partial charge in [0.2, 0.25) is 0 Å². The third-order valence-corrected chi connectivity index (χ3v) is 3.12. The number of aromatic nitrogens is 1. The van der Waals surface area contributed by atoms with Crippen molar-refractivity contribution in [3.8, 4) is 0 Å². The van der Waals surface area contributed by atoms with Gasteiger partial charge in [-0.05, 0) is 24.5 Å². The highest BCUT2D eigenvalue weighted by atomic mass is 79.9. The molecule has 1 fully saturated rings. The second-order valence-electron chi connectivity index (χ2n) is 2.71. The van der Waals surface area contributed by atoms with E-state index in [4.69, 9.17) is 0 Å². The lowest BCUT2D eigenvalue weighted by molar-refractivity contribution is 1.03. The molecule has 52 valence electrons. The van der Waals surface area contributed by atoms with Gasteiger partial charge in [0.05, 0.1) is 4.32 Å². The van der Waals surface area contributed by atoms with E-state index in [1.807, 2.05) is 18.5 Å². The van der Waals surface area contributed by atoms with Crippen LogP contribution in [-0.2, 0) is 4.32 Å². The molecule has 2 heteroatoms. The number of halogens is 1. The van der Waals surface area contributed by atoms with Crippen LogP contribution in [0.1, 0.15) is 18.4 Å². The highest BCUT2D eigenvalue weighted by Gasteiger charge is 2.41. The minimum atomic E-state index is 0.293. The molecule has 0 N–H and O–H groups in total. The van der Waals surface area contributed by atoms with Crippen LogP contribution in [0.4, 0.5) is 0 Å². The minimum absolute atomic E-state index is 0.293. The molecule has 1 heterocycles. The van der Waals surface area contributed by atoms with E-state index in [2.05, 4.69) is 27.0 Å². The van der Waals surface area contributed by atoms with Gasteiger partial charge in [0.25, 0.3) is 0 Å². The first kappa shape index (κ1) is 6.35. The number of hydrogen-bond acceptors (Lipinski definition) is 1. The van der Waals surface area contributed by atoms with Crippen molar-refractivity contribution in [2.75, 3.05) is 0 Å². The summed E-state index contributed by atoms with van der Waals surface area (Å²) in [5.74, 6) is 0. The molecule has 1 aliphatic rings. The maximum atomic E-state index is 4.06. The van der Waals surface area contributed by atoms with Gasteiger partial charge in [0.1, 0.15) is 0 Å². The minimum Gasteiger partial charge on any atom is -0.264 e. The lowest BCUT2D eigenvalue weighted by Gasteiger charge is -2.03. The van der Waals surface area contributed by atoms with E-state index in [1.165, 1.54) is 18.4 Å². The SMILES string of the molecule is BrC1(c2cccnc2)CC1. The first-order valence-corrected chi connectivity index (χ1v) is 4.20. The number of alkyl halides is 1. The zero-order valence-corrected chi connectivity index (χ0v) is 7.13. The Balaban J connectivity index is 2.35. The molecule has 1 aromatic rings. The predicted octanol–water partition coefficient (Wildman–Crippen LogP) is 2.47. The Kier molecular flexibility index (Phi) is 1.31. The zero-order chi connectivity index (χ0) is 7.03. The van der Waals surface area contributed by atoms with Gasteiger partial charge in [-0.2, -0.15) is 0 Å². The molecule has 0 spiro atoms. The van der Waals surface area contributed by atoms with Crippen molar-refractivity contribution in [1.29, 1.82) is 0 Å². The van der Waals surface area contributed by atoms with Crippen molar-refractivity contribution in [2.24, 2.45) is 0 Å². The van der Waals surface area contributed by atoms with Crippen LogP contribution in [0, 0.1) is 0 Å². The maximum absolute atomic E-state index is 4.06. The molecule has 0 bridgehead atoms. The Hall–Kier alpha value is -0.370. The van der Waals surface area contributed by atoms with Crippen LogP contribution >= 0.6 is 15.9 Å². The lowest BCUT2D eigenvalue weighted by Crippen LogP contribution is -1.94. The quantitative estimate of drug-likeness (QED) is 0.631. The molecule has 10 heavy (non-hydrogen) atoms. The summed E-state index contributed by atoms with van der Waals surface area (Å²) in [6, 6.07) is 4.10. The summed E-state index contributed by atoms with van der Waals surface area (Å²) in [5, 5.41) is 0. The van der Waals surface area contributed by atoms with Crippen LogP contribution in [0.3, 0.4) is 0 Å². The van der Waals surface area contributed by atoms with Gasteiger partial charge >= 0.3 is 0 Å². The third-order valence-electron chi connectivity index (χ3n) is 1.87. The van der Waals surface area contributed by atoms with Crippen LogP contribution in [0.15, 0.2) is 24.5 Å². The second-order valence-corrected chi connectivity index (χ2v) is 4.22. The Morgan fingerprint density at radius 1 is 1.50 bits per heavy atom. The molecule has 0 radical (unpaired) electrons. The van der Waals surface area contributed by atoms with Gasteiger partial charge in [-0.1, -0.05) is 22.0 Å². The van der Waals surface area contributed by atoms with Gasteiger partial charge < -0.3 is 0 Å². The van der Waals surface area contributed by atoms with Gasteiger partial charge in [-0.25, -0.2) is 0 Å². The first-order chi connectivity index (χ1) is 4.81. The van der Waals surface area contributed by atoms with Crippen molar-refractivity contribution in [1.82, 2.24) is 4.98 Å². The number of pyridine rings is 1. The molecule has 1 aromatic heterocycles. The summed E-state index contributed by atoms with van der Waals surface area (Å²) in [7, 11) is 0. The molecule has 0 amide bonds. The Morgan fingerprint density at radius 2 is 2.30 bits per heavy atom. The van der Waals surface area contributed by atoms with E-state index in [-0.39, 0.29) is 0 Å². The lowest BCUT2D eigenvalue weighted by atomic mass is 10.2. The van der Waals surface area contributed by atoms with Gasteiger partial charge in [-0.3, -0.25) is 4.98 Å². The molecule has 0 saturated heterocycles. The summed E-state index contributed by atoms with van der Waals surface area (Å²) in [5.41, 5.74) is 1.31. The molecule has 0 aliphatic heterocycles. The van der Waals surface area contributed by atoms with Gasteiger partial charge in [0.15, 0.2) is 0 Å². The predicted molar refractivity (Wildman–Crippen MR) is 44.1 cm³/mol. The van der Waals surface area contributed by atoms with Crippen LogP contribution < -0.4 is 0 Å². The summed E-state index contributed by atoms with van der Waals surface area (Å²) < 4.78 is 0.293. The van der Waals surface area contributed by atoms with Gasteiger partial charge in [0, 0.05) is 12.4 Å². The summed E-state index contributed by atoms with van der Waals surface area (Å²) in [6.07, 6.45) is 6.24. The van der Waals surface area contributed by atoms with Crippen molar-refractivity contribution in [2.45, 2.75) is 17.2 Å². The smallest absolute Gasteiger partial charge is 0.0522 e. The summed E-state index contributed by atoms with van der Waals surface area (Å²) in [6.45, 7) is 0. The molecular formula is C8H8BrN. The van der Waals surface area contributed by atoms with Crippen LogP contribution in [0.2, 0.25) is 0 Å². The standard InChI is InChI=1S/C8H8BrN/c9-8(3-4-8)7-2-1-5-10-6-7/h1-2,5-6H,3-4H2. The molecule has 0 aromatic carbocycles. The first-order valence-electron chi connectivity index (χ1n) is 3.41. The highest BCUT2D eigenvalue weighted by Crippen LogP contribution is 2.53. The largest absolute Gasteiger partial charge is 0.264 e. The Labute approximate surface area is 68.6 Å². The number of rotatable bonds is 1. The van der Waals surface area contributed by atoms with Crippen LogP contribution in [-0.4, -0.2) is 4.98 Å². The van der Waals surface area contributed by atoms with Crippen molar-refractivity contribution in [3.63, 3.8) is 0 Å². The molecular weight excluding hydrogens is 190 g/mol. The van der Waals surface area contributed by atoms with E-state index in [1.54, 1.807) is 0 Å². The van der Waals surface area contributed by atoms with E-state index in [9.17, 15) is 0 Å². The van der Waals surface area contributed by atoms with Crippen molar-refractivity contribution >= 4 is 15.9 Å². The highest BCUT2D eigenvalue weighted by molar-refractivity contribution is 9.09. The third kappa shape index (κ3) is 0.966. The average Bonchev–Trinajstić information content (AvgIpc) is 2.72. The fourth-order valence-corrected chi connectivity index (χ4v) is 1.46. The molecule has 0 unspecified atom stereocenters. The van der Waals surface area contributed by atoms with E-state index < -0.39 is 0 Å². The Bertz CT molecular complexity index is 228. The molecule has 2 rings (SSSR count).